The number of thiazole rings is 1. The maximum absolute atomic E-state index is 9.42. The van der Waals surface area contributed by atoms with Crippen molar-refractivity contribution in [1.82, 2.24) is 4.98 Å². The van der Waals surface area contributed by atoms with Gasteiger partial charge in [0.15, 0.2) is 0 Å². The van der Waals surface area contributed by atoms with Crippen molar-refractivity contribution in [2.24, 2.45) is 0 Å². The third kappa shape index (κ3) is 3.80. The van der Waals surface area contributed by atoms with Gasteiger partial charge in [-0.15, -0.1) is 11.3 Å². The summed E-state index contributed by atoms with van der Waals surface area (Å²) in [5, 5.41) is 13.4. The third-order valence-corrected chi connectivity index (χ3v) is 4.56. The minimum Gasteiger partial charge on any atom is -0.235 e. The van der Waals surface area contributed by atoms with Crippen LogP contribution in [0.5, 0.6) is 0 Å². The number of hydrogen-bond donors (Lipinski definition) is 0. The zero-order valence-electron chi connectivity index (χ0n) is 11.8. The molecule has 0 fully saturated rings. The first-order valence-corrected chi connectivity index (χ1v) is 8.38. The molecule has 0 unspecified atom stereocenters. The van der Waals surface area contributed by atoms with Gasteiger partial charge in [-0.1, -0.05) is 47.5 Å². The minimum absolute atomic E-state index is 0.525. The fourth-order valence-corrected chi connectivity index (χ4v) is 3.06. The quantitative estimate of drug-likeness (QED) is 0.525. The average molecular weight is 357 g/mol. The van der Waals surface area contributed by atoms with Crippen LogP contribution in [-0.2, 0) is 0 Å². The van der Waals surface area contributed by atoms with Crippen LogP contribution in [0.2, 0.25) is 10.0 Å². The Morgan fingerprint density at radius 1 is 1.00 bits per heavy atom. The van der Waals surface area contributed by atoms with E-state index in [1.54, 1.807) is 18.2 Å². The minimum atomic E-state index is 0.525. The number of hydrogen-bond acceptors (Lipinski definition) is 3. The summed E-state index contributed by atoms with van der Waals surface area (Å²) in [5.41, 5.74) is 3.24. The molecular weight excluding hydrogens is 347 g/mol. The molecule has 2 aromatic carbocycles. The first-order valence-electron chi connectivity index (χ1n) is 6.75. The number of rotatable bonds is 3. The number of halogens is 2. The summed E-state index contributed by atoms with van der Waals surface area (Å²) in [7, 11) is 0. The van der Waals surface area contributed by atoms with E-state index in [9.17, 15) is 5.26 Å². The number of nitriles is 1. The van der Waals surface area contributed by atoms with Crippen molar-refractivity contribution in [3.05, 3.63) is 74.5 Å². The van der Waals surface area contributed by atoms with E-state index >= 15 is 0 Å². The van der Waals surface area contributed by atoms with Crippen LogP contribution in [0.1, 0.15) is 10.6 Å². The van der Waals surface area contributed by atoms with Crippen LogP contribution in [0.4, 0.5) is 0 Å². The van der Waals surface area contributed by atoms with Gasteiger partial charge in [0.25, 0.3) is 0 Å². The highest BCUT2D eigenvalue weighted by atomic mass is 35.5. The van der Waals surface area contributed by atoms with Gasteiger partial charge in [0, 0.05) is 21.0 Å². The summed E-state index contributed by atoms with van der Waals surface area (Å²) < 4.78 is 0. The van der Waals surface area contributed by atoms with Crippen LogP contribution >= 0.6 is 34.5 Å². The fraction of sp³-hybridized carbons (Fsp3) is 0. The van der Waals surface area contributed by atoms with Crippen LogP contribution in [0.15, 0.2) is 53.9 Å². The van der Waals surface area contributed by atoms with E-state index in [0.717, 1.165) is 16.8 Å². The van der Waals surface area contributed by atoms with E-state index in [1.807, 2.05) is 41.8 Å². The molecule has 112 valence electrons. The normalized spacial score (nSPS) is 11.3. The first-order chi connectivity index (χ1) is 11.2. The molecule has 1 aromatic heterocycles. The summed E-state index contributed by atoms with van der Waals surface area (Å²) in [6.45, 7) is 0. The molecule has 0 aliphatic heterocycles. The molecule has 0 spiro atoms. The summed E-state index contributed by atoms with van der Waals surface area (Å²) in [5.74, 6) is 0. The summed E-state index contributed by atoms with van der Waals surface area (Å²) in [4.78, 5) is 4.55. The molecule has 0 atom stereocenters. The summed E-state index contributed by atoms with van der Waals surface area (Å²) in [6, 6.07) is 17.0. The van der Waals surface area contributed by atoms with Crippen molar-refractivity contribution in [2.45, 2.75) is 0 Å². The molecule has 1 heterocycles. The molecular formula is C18H10Cl2N2S. The largest absolute Gasteiger partial charge is 0.235 e. The van der Waals surface area contributed by atoms with Crippen molar-refractivity contribution in [2.75, 3.05) is 0 Å². The van der Waals surface area contributed by atoms with Crippen LogP contribution in [0, 0.1) is 11.3 Å². The highest BCUT2D eigenvalue weighted by Crippen LogP contribution is 2.28. The molecule has 3 aromatic rings. The number of allylic oxidation sites excluding steroid dienone is 1. The van der Waals surface area contributed by atoms with Crippen molar-refractivity contribution in [1.29, 1.82) is 5.26 Å². The molecule has 2 nitrogen and oxygen atoms in total. The maximum Gasteiger partial charge on any atom is 0.134 e. The number of nitrogens with zero attached hydrogens (tertiary/aromatic N) is 2. The van der Waals surface area contributed by atoms with Gasteiger partial charge in [-0.2, -0.15) is 5.26 Å². The van der Waals surface area contributed by atoms with E-state index in [1.165, 1.54) is 11.3 Å². The average Bonchev–Trinajstić information content (AvgIpc) is 3.05. The van der Waals surface area contributed by atoms with Crippen molar-refractivity contribution < 1.29 is 0 Å². The molecule has 0 aliphatic carbocycles. The highest BCUT2D eigenvalue weighted by molar-refractivity contribution is 7.11. The van der Waals surface area contributed by atoms with E-state index in [-0.39, 0.29) is 0 Å². The zero-order chi connectivity index (χ0) is 16.2. The van der Waals surface area contributed by atoms with Crippen LogP contribution in [0.3, 0.4) is 0 Å². The van der Waals surface area contributed by atoms with Crippen molar-refractivity contribution in [3.63, 3.8) is 0 Å². The van der Waals surface area contributed by atoms with Gasteiger partial charge in [0.2, 0.25) is 0 Å². The molecule has 3 rings (SSSR count). The topological polar surface area (TPSA) is 36.7 Å². The Bertz CT molecular complexity index is 888. The van der Waals surface area contributed by atoms with Gasteiger partial charge < -0.3 is 0 Å². The summed E-state index contributed by atoms with van der Waals surface area (Å²) >= 11 is 13.2. The predicted octanol–water partition coefficient (Wildman–Crippen LogP) is 6.18. The molecule has 0 radical (unpaired) electrons. The predicted molar refractivity (Wildman–Crippen MR) is 97.5 cm³/mol. The second-order valence-electron chi connectivity index (χ2n) is 4.77. The van der Waals surface area contributed by atoms with Gasteiger partial charge >= 0.3 is 0 Å². The molecule has 0 saturated heterocycles. The molecule has 0 saturated carbocycles. The Morgan fingerprint density at radius 2 is 1.61 bits per heavy atom. The Hall–Kier alpha value is -2.12. The molecule has 0 bridgehead atoms. The second kappa shape index (κ2) is 6.97. The van der Waals surface area contributed by atoms with Gasteiger partial charge in [-0.3, -0.25) is 0 Å². The lowest BCUT2D eigenvalue weighted by Crippen LogP contribution is -1.83. The summed E-state index contributed by atoms with van der Waals surface area (Å²) in [6.07, 6.45) is 1.81. The van der Waals surface area contributed by atoms with Crippen molar-refractivity contribution in [3.8, 4) is 17.3 Å². The Balaban J connectivity index is 1.92. The molecule has 0 amide bonds. The Labute approximate surface area is 148 Å². The third-order valence-electron chi connectivity index (χ3n) is 3.18. The fourth-order valence-electron chi connectivity index (χ4n) is 2.02. The van der Waals surface area contributed by atoms with Gasteiger partial charge in [-0.25, -0.2) is 4.98 Å². The van der Waals surface area contributed by atoms with Crippen LogP contribution < -0.4 is 0 Å². The Morgan fingerprint density at radius 3 is 2.22 bits per heavy atom. The SMILES string of the molecule is N#C/C(=C\c1ccc(Cl)cc1)c1nc(-c2ccc(Cl)cc2)cs1. The van der Waals surface area contributed by atoms with E-state index in [0.29, 0.717) is 20.6 Å². The zero-order valence-corrected chi connectivity index (χ0v) is 14.2. The van der Waals surface area contributed by atoms with Crippen LogP contribution in [-0.4, -0.2) is 4.98 Å². The number of benzene rings is 2. The maximum atomic E-state index is 9.42. The lowest BCUT2D eigenvalue weighted by Gasteiger charge is -1.97. The number of aromatic nitrogens is 1. The molecule has 0 aliphatic rings. The van der Waals surface area contributed by atoms with Gasteiger partial charge in [0.05, 0.1) is 11.3 Å². The van der Waals surface area contributed by atoms with E-state index in [2.05, 4.69) is 11.1 Å². The highest BCUT2D eigenvalue weighted by Gasteiger charge is 2.09. The van der Waals surface area contributed by atoms with E-state index in [4.69, 9.17) is 23.2 Å². The standard InChI is InChI=1S/C18H10Cl2N2S/c19-15-5-1-12(2-6-15)9-14(10-21)18-22-17(11-23-18)13-3-7-16(20)8-4-13/h1-9,11H/b14-9+. The molecule has 0 N–H and O–H groups in total. The van der Waals surface area contributed by atoms with E-state index < -0.39 is 0 Å². The first kappa shape index (κ1) is 15.8. The lowest BCUT2D eigenvalue weighted by atomic mass is 10.1. The van der Waals surface area contributed by atoms with Gasteiger partial charge in [0.1, 0.15) is 11.1 Å². The molecule has 5 heteroatoms. The van der Waals surface area contributed by atoms with Crippen LogP contribution in [0.25, 0.3) is 22.9 Å². The van der Waals surface area contributed by atoms with Crippen molar-refractivity contribution >= 4 is 46.2 Å². The monoisotopic (exact) mass is 356 g/mol. The second-order valence-corrected chi connectivity index (χ2v) is 6.50. The molecule has 23 heavy (non-hydrogen) atoms. The van der Waals surface area contributed by atoms with Gasteiger partial charge in [-0.05, 0) is 35.9 Å². The lowest BCUT2D eigenvalue weighted by molar-refractivity contribution is 1.37. The Kier molecular flexibility index (Phi) is 4.78. The smallest absolute Gasteiger partial charge is 0.134 e.